The predicted molar refractivity (Wildman–Crippen MR) is 62.8 cm³/mol. The summed E-state index contributed by atoms with van der Waals surface area (Å²) in [5.41, 5.74) is 0. The number of carbonyl (C=O) groups is 1. The summed E-state index contributed by atoms with van der Waals surface area (Å²) < 4.78 is 10.5. The number of ether oxygens (including phenoxy) is 2. The van der Waals surface area contributed by atoms with E-state index in [4.69, 9.17) is 21.1 Å². The maximum Gasteiger partial charge on any atom is 0.251 e. The second kappa shape index (κ2) is 7.87. The zero-order chi connectivity index (χ0) is 11.8. The molecule has 0 aromatic rings. The van der Waals surface area contributed by atoms with Crippen LogP contribution in [0.5, 0.6) is 0 Å². The quantitative estimate of drug-likeness (QED) is 0.666. The van der Waals surface area contributed by atoms with Crippen LogP contribution in [0.25, 0.3) is 0 Å². The van der Waals surface area contributed by atoms with Gasteiger partial charge >= 0.3 is 0 Å². The minimum Gasteiger partial charge on any atom is -0.383 e. The fourth-order valence-corrected chi connectivity index (χ4v) is 1.98. The normalized spacial score (nSPS) is 20.8. The summed E-state index contributed by atoms with van der Waals surface area (Å²) in [6, 6.07) is 0. The number of hydrogen-bond acceptors (Lipinski definition) is 3. The number of methoxy groups -OCH3 is 1. The smallest absolute Gasteiger partial charge is 0.251 e. The number of hydrogen-bond donors (Lipinski definition) is 0. The average molecular weight is 250 g/mol. The monoisotopic (exact) mass is 249 g/mol. The lowest BCUT2D eigenvalue weighted by Gasteiger charge is -2.28. The van der Waals surface area contributed by atoms with Crippen LogP contribution in [0.15, 0.2) is 0 Å². The summed E-state index contributed by atoms with van der Waals surface area (Å²) in [4.78, 5) is 13.8. The van der Waals surface area contributed by atoms with Crippen molar-refractivity contribution in [3.05, 3.63) is 0 Å². The molecule has 5 heteroatoms. The van der Waals surface area contributed by atoms with Gasteiger partial charge in [0.25, 0.3) is 5.91 Å². The van der Waals surface area contributed by atoms with Crippen molar-refractivity contribution in [1.29, 1.82) is 0 Å². The third-order valence-corrected chi connectivity index (χ3v) is 2.86. The van der Waals surface area contributed by atoms with Gasteiger partial charge < -0.3 is 14.4 Å². The van der Waals surface area contributed by atoms with Crippen LogP contribution in [0, 0.1) is 0 Å². The van der Waals surface area contributed by atoms with Gasteiger partial charge in [-0.3, -0.25) is 4.79 Å². The van der Waals surface area contributed by atoms with Crippen LogP contribution in [0.1, 0.15) is 19.3 Å². The molecule has 0 aromatic carbocycles. The Morgan fingerprint density at radius 2 is 2.31 bits per heavy atom. The van der Waals surface area contributed by atoms with Crippen LogP contribution in [0.3, 0.4) is 0 Å². The van der Waals surface area contributed by atoms with E-state index in [9.17, 15) is 4.79 Å². The summed E-state index contributed by atoms with van der Waals surface area (Å²) >= 11 is 5.68. The Balaban J connectivity index is 2.44. The molecule has 1 heterocycles. The van der Waals surface area contributed by atoms with E-state index < -0.39 is 0 Å². The van der Waals surface area contributed by atoms with Crippen molar-refractivity contribution in [2.45, 2.75) is 25.4 Å². The highest BCUT2D eigenvalue weighted by molar-refractivity contribution is 6.18. The second-order valence-corrected chi connectivity index (χ2v) is 4.24. The van der Waals surface area contributed by atoms with Crippen molar-refractivity contribution in [2.75, 3.05) is 39.3 Å². The topological polar surface area (TPSA) is 38.8 Å². The minimum atomic E-state index is -0.270. The molecule has 0 saturated carbocycles. The van der Waals surface area contributed by atoms with E-state index in [-0.39, 0.29) is 12.0 Å². The molecule has 0 radical (unpaired) electrons. The van der Waals surface area contributed by atoms with E-state index in [2.05, 4.69) is 0 Å². The van der Waals surface area contributed by atoms with Gasteiger partial charge in [0.2, 0.25) is 0 Å². The van der Waals surface area contributed by atoms with Crippen molar-refractivity contribution in [3.8, 4) is 0 Å². The Labute approximate surface area is 102 Å². The Hall–Kier alpha value is -0.320. The van der Waals surface area contributed by atoms with Crippen LogP contribution in [0.4, 0.5) is 0 Å². The fourth-order valence-electron chi connectivity index (χ4n) is 1.77. The molecule has 0 bridgehead atoms. The molecule has 1 fully saturated rings. The Kier molecular flexibility index (Phi) is 6.76. The molecule has 1 unspecified atom stereocenters. The lowest BCUT2D eigenvalue weighted by molar-refractivity contribution is -0.146. The molecule has 0 aromatic heterocycles. The zero-order valence-electron chi connectivity index (χ0n) is 9.78. The molecule has 1 rings (SSSR count). The van der Waals surface area contributed by atoms with E-state index in [0.29, 0.717) is 32.2 Å². The molecule has 0 spiro atoms. The highest BCUT2D eigenvalue weighted by Gasteiger charge is 2.26. The minimum absolute atomic E-state index is 0.0531. The van der Waals surface area contributed by atoms with Gasteiger partial charge in [-0.25, -0.2) is 0 Å². The maximum absolute atomic E-state index is 12.1. The summed E-state index contributed by atoms with van der Waals surface area (Å²) in [6.07, 6.45) is 2.67. The maximum atomic E-state index is 12.1. The zero-order valence-corrected chi connectivity index (χ0v) is 10.5. The van der Waals surface area contributed by atoms with Crippen molar-refractivity contribution >= 4 is 17.5 Å². The van der Waals surface area contributed by atoms with Crippen LogP contribution in [0.2, 0.25) is 0 Å². The van der Waals surface area contributed by atoms with E-state index >= 15 is 0 Å². The number of nitrogens with zero attached hydrogens (tertiary/aromatic N) is 1. The molecule has 1 saturated heterocycles. The summed E-state index contributed by atoms with van der Waals surface area (Å²) in [5.74, 6) is 0.500. The van der Waals surface area contributed by atoms with Gasteiger partial charge in [0.15, 0.2) is 0 Å². The standard InChI is InChI=1S/C11H20ClNO3/c1-15-9-7-13(6-5-12)11(14)10-4-2-3-8-16-10/h10H,2-9H2,1H3. The van der Waals surface area contributed by atoms with Gasteiger partial charge in [-0.05, 0) is 19.3 Å². The van der Waals surface area contributed by atoms with Gasteiger partial charge in [-0.2, -0.15) is 0 Å². The second-order valence-electron chi connectivity index (χ2n) is 3.86. The number of halogens is 1. The average Bonchev–Trinajstić information content (AvgIpc) is 2.35. The third kappa shape index (κ3) is 4.28. The van der Waals surface area contributed by atoms with E-state index in [1.165, 1.54) is 0 Å². The molecule has 1 amide bonds. The first-order chi connectivity index (χ1) is 7.79. The number of rotatable bonds is 6. The predicted octanol–water partition coefficient (Wildman–Crippen LogP) is 1.27. The first kappa shape index (κ1) is 13.7. The van der Waals surface area contributed by atoms with Crippen LogP contribution < -0.4 is 0 Å². The first-order valence-electron chi connectivity index (χ1n) is 5.75. The molecular formula is C11H20ClNO3. The summed E-state index contributed by atoms with van der Waals surface area (Å²) in [5, 5.41) is 0. The van der Waals surface area contributed by atoms with Crippen molar-refractivity contribution < 1.29 is 14.3 Å². The highest BCUT2D eigenvalue weighted by Crippen LogP contribution is 2.15. The highest BCUT2D eigenvalue weighted by atomic mass is 35.5. The van der Waals surface area contributed by atoms with E-state index in [1.54, 1.807) is 12.0 Å². The van der Waals surface area contributed by atoms with Crippen molar-refractivity contribution in [1.82, 2.24) is 4.90 Å². The largest absolute Gasteiger partial charge is 0.383 e. The Morgan fingerprint density at radius 1 is 1.50 bits per heavy atom. The van der Waals surface area contributed by atoms with Crippen molar-refractivity contribution in [3.63, 3.8) is 0 Å². The van der Waals surface area contributed by atoms with Crippen LogP contribution in [-0.2, 0) is 14.3 Å². The van der Waals surface area contributed by atoms with Gasteiger partial charge in [0.1, 0.15) is 6.10 Å². The molecule has 1 aliphatic heterocycles. The van der Waals surface area contributed by atoms with E-state index in [1.807, 2.05) is 0 Å². The third-order valence-electron chi connectivity index (χ3n) is 2.69. The molecule has 0 N–H and O–H groups in total. The Bertz CT molecular complexity index is 207. The van der Waals surface area contributed by atoms with Crippen molar-refractivity contribution in [2.24, 2.45) is 0 Å². The number of amides is 1. The van der Waals surface area contributed by atoms with Gasteiger partial charge in [-0.15, -0.1) is 11.6 Å². The molecule has 16 heavy (non-hydrogen) atoms. The number of alkyl halides is 1. The molecule has 1 aliphatic rings. The Morgan fingerprint density at radius 3 is 2.88 bits per heavy atom. The summed E-state index contributed by atoms with van der Waals surface area (Å²) in [7, 11) is 1.63. The van der Waals surface area contributed by atoms with Crippen LogP contribution >= 0.6 is 11.6 Å². The first-order valence-corrected chi connectivity index (χ1v) is 6.28. The molecule has 0 aliphatic carbocycles. The number of carbonyl (C=O) groups excluding carboxylic acids is 1. The fraction of sp³-hybridized carbons (Fsp3) is 0.909. The van der Waals surface area contributed by atoms with Gasteiger partial charge in [0, 0.05) is 32.7 Å². The molecular weight excluding hydrogens is 230 g/mol. The van der Waals surface area contributed by atoms with Crippen LogP contribution in [-0.4, -0.2) is 56.2 Å². The SMILES string of the molecule is COCCN(CCCl)C(=O)C1CCCCO1. The molecule has 4 nitrogen and oxygen atoms in total. The molecule has 94 valence electrons. The summed E-state index contributed by atoms with van der Waals surface area (Å²) in [6.45, 7) is 2.37. The lowest BCUT2D eigenvalue weighted by Crippen LogP contribution is -2.44. The van der Waals surface area contributed by atoms with E-state index in [0.717, 1.165) is 19.3 Å². The van der Waals surface area contributed by atoms with Gasteiger partial charge in [0.05, 0.1) is 6.61 Å². The lowest BCUT2D eigenvalue weighted by atomic mass is 10.1. The van der Waals surface area contributed by atoms with Gasteiger partial charge in [-0.1, -0.05) is 0 Å². The molecule has 1 atom stereocenters.